The lowest BCUT2D eigenvalue weighted by molar-refractivity contribution is 1.20. The van der Waals surface area contributed by atoms with Gasteiger partial charge in [-0.3, -0.25) is 4.98 Å². The normalized spacial score (nSPS) is 12.4. The summed E-state index contributed by atoms with van der Waals surface area (Å²) in [5.41, 5.74) is 19.3. The van der Waals surface area contributed by atoms with Crippen LogP contribution in [0.3, 0.4) is 0 Å². The first-order chi connectivity index (χ1) is 26.9. The topological polar surface area (TPSA) is 76.5 Å². The van der Waals surface area contributed by atoms with Gasteiger partial charge in [-0.1, -0.05) is 141 Å². The van der Waals surface area contributed by atoms with Crippen LogP contribution in [0.4, 0.5) is 0 Å². The molecule has 0 aliphatic carbocycles. The van der Waals surface area contributed by atoms with E-state index in [1.807, 2.05) is 86.0 Å². The average Bonchev–Trinajstić information content (AvgIpc) is 3.23. The number of nitrogens with two attached hydrogens (primary N) is 1. The van der Waals surface area contributed by atoms with Crippen LogP contribution in [0, 0.1) is 6.92 Å². The van der Waals surface area contributed by atoms with Crippen LogP contribution in [0.2, 0.25) is 0 Å². The lowest BCUT2D eigenvalue weighted by atomic mass is 9.93. The zero-order chi connectivity index (χ0) is 38.1. The first-order valence-electron chi connectivity index (χ1n) is 18.5. The summed E-state index contributed by atoms with van der Waals surface area (Å²) in [6.07, 6.45) is 11.1. The number of hydrogen-bond acceptors (Lipinski definition) is 3. The monoisotopic (exact) mass is 713 g/mol. The molecule has 2 N–H and O–H groups in total. The standard InChI is InChI=1S/C50H43N5/c1-5-15-38(16-6-2)47-27-34(3)28-48(54-47)39-25-23-37(24-26-39)42-29-43(46-33-52-32-41-21-13-14-22-45(41)46)31-44(30-42)49(51)55-50(40-19-11-8-12-20-40)53-35(4)36-17-9-7-10-18-36/h5,7-33H,4,6H2,1-3H3,(H2,51,53,55)/b15-5-,38-16+. The van der Waals surface area contributed by atoms with E-state index in [-0.39, 0.29) is 0 Å². The number of hydrogen-bond donors (Lipinski definition) is 1. The number of aromatic nitrogens is 2. The van der Waals surface area contributed by atoms with Gasteiger partial charge in [-0.2, -0.15) is 0 Å². The maximum absolute atomic E-state index is 6.96. The number of fused-ring (bicyclic) bond motifs is 1. The highest BCUT2D eigenvalue weighted by Crippen LogP contribution is 2.34. The van der Waals surface area contributed by atoms with Crippen LogP contribution < -0.4 is 5.73 Å². The Morgan fingerprint density at radius 3 is 2.09 bits per heavy atom. The summed E-state index contributed by atoms with van der Waals surface area (Å²) in [6.45, 7) is 10.6. The van der Waals surface area contributed by atoms with E-state index in [2.05, 4.69) is 116 Å². The number of amidine groups is 2. The maximum Gasteiger partial charge on any atom is 0.162 e. The minimum Gasteiger partial charge on any atom is -0.383 e. The highest BCUT2D eigenvalue weighted by molar-refractivity contribution is 6.13. The summed E-state index contributed by atoms with van der Waals surface area (Å²) >= 11 is 0. The number of benzene rings is 5. The van der Waals surface area contributed by atoms with Crippen LogP contribution in [0.15, 0.2) is 187 Å². The van der Waals surface area contributed by atoms with Crippen LogP contribution in [0.1, 0.15) is 48.2 Å². The summed E-state index contributed by atoms with van der Waals surface area (Å²) in [5, 5.41) is 2.17. The van der Waals surface area contributed by atoms with Gasteiger partial charge in [-0.25, -0.2) is 15.0 Å². The van der Waals surface area contributed by atoms with Crippen molar-refractivity contribution in [1.29, 1.82) is 0 Å². The van der Waals surface area contributed by atoms with Gasteiger partial charge in [-0.05, 0) is 89.4 Å². The molecule has 0 radical (unpaired) electrons. The number of aryl methyl sites for hydroxylation is 1. The molecule has 55 heavy (non-hydrogen) atoms. The van der Waals surface area contributed by atoms with Crippen LogP contribution >= 0.6 is 0 Å². The molecule has 2 aromatic heterocycles. The molecule has 2 heterocycles. The molecule has 0 spiro atoms. The van der Waals surface area contributed by atoms with Crippen LogP contribution in [-0.2, 0) is 0 Å². The summed E-state index contributed by atoms with van der Waals surface area (Å²) in [6, 6.07) is 47.2. The SMILES string of the molecule is C=C(N=C(N=C(N)c1cc(-c2ccc(-c3cc(C)cc(C(/C=C\C)=C/CC)n3)cc2)cc(-c2cncc3ccccc23)c1)c1ccccc1)c1ccccc1. The Labute approximate surface area is 323 Å². The van der Waals surface area contributed by atoms with Gasteiger partial charge >= 0.3 is 0 Å². The van der Waals surface area contributed by atoms with Gasteiger partial charge in [0, 0.05) is 40.0 Å². The first kappa shape index (κ1) is 36.4. The van der Waals surface area contributed by atoms with Crippen molar-refractivity contribution in [2.75, 3.05) is 0 Å². The third-order valence-electron chi connectivity index (χ3n) is 9.36. The van der Waals surface area contributed by atoms with Crippen molar-refractivity contribution in [2.45, 2.75) is 27.2 Å². The van der Waals surface area contributed by atoms with Gasteiger partial charge in [0.25, 0.3) is 0 Å². The molecule has 5 heteroatoms. The number of rotatable bonds is 10. The Bertz CT molecular complexity index is 2590. The predicted molar refractivity (Wildman–Crippen MR) is 233 cm³/mol. The summed E-state index contributed by atoms with van der Waals surface area (Å²) in [5.74, 6) is 0.816. The number of nitrogens with zero attached hydrogens (tertiary/aromatic N) is 4. The van der Waals surface area contributed by atoms with E-state index in [4.69, 9.17) is 20.7 Å². The minimum atomic E-state index is 0.338. The second kappa shape index (κ2) is 16.8. The van der Waals surface area contributed by atoms with E-state index in [0.717, 1.165) is 84.2 Å². The molecule has 0 saturated heterocycles. The Morgan fingerprint density at radius 1 is 0.691 bits per heavy atom. The molecule has 0 aliphatic rings. The molecule has 0 amide bonds. The molecule has 5 aromatic carbocycles. The quantitative estimate of drug-likeness (QED) is 0.0871. The summed E-state index contributed by atoms with van der Waals surface area (Å²) in [7, 11) is 0. The highest BCUT2D eigenvalue weighted by atomic mass is 15.0. The van der Waals surface area contributed by atoms with E-state index in [0.29, 0.717) is 17.4 Å². The van der Waals surface area contributed by atoms with Gasteiger partial charge in [0.05, 0.1) is 17.1 Å². The molecular formula is C50H43N5. The number of pyridine rings is 2. The minimum absolute atomic E-state index is 0.338. The number of allylic oxidation sites excluding steroid dienone is 4. The van der Waals surface area contributed by atoms with Crippen molar-refractivity contribution in [3.05, 3.63) is 205 Å². The molecule has 0 atom stereocenters. The molecule has 0 unspecified atom stereocenters. The molecule has 0 bridgehead atoms. The molecule has 0 saturated carbocycles. The Kier molecular flexibility index (Phi) is 11.1. The van der Waals surface area contributed by atoms with E-state index in [9.17, 15) is 0 Å². The Hall–Kier alpha value is -6.98. The fraction of sp³-hybridized carbons (Fsp3) is 0.0800. The second-order valence-corrected chi connectivity index (χ2v) is 13.4. The Morgan fingerprint density at radius 2 is 1.36 bits per heavy atom. The van der Waals surface area contributed by atoms with E-state index in [1.54, 1.807) is 0 Å². The molecule has 0 fully saturated rings. The number of aliphatic imine (C=N–C) groups is 2. The van der Waals surface area contributed by atoms with E-state index < -0.39 is 0 Å². The molecule has 268 valence electrons. The van der Waals surface area contributed by atoms with Crippen molar-refractivity contribution in [1.82, 2.24) is 9.97 Å². The van der Waals surface area contributed by atoms with Crippen molar-refractivity contribution < 1.29 is 0 Å². The fourth-order valence-corrected chi connectivity index (χ4v) is 6.64. The molecular weight excluding hydrogens is 671 g/mol. The summed E-state index contributed by atoms with van der Waals surface area (Å²) in [4.78, 5) is 19.6. The highest BCUT2D eigenvalue weighted by Gasteiger charge is 2.14. The third kappa shape index (κ3) is 8.48. The largest absolute Gasteiger partial charge is 0.383 e. The fourth-order valence-electron chi connectivity index (χ4n) is 6.64. The van der Waals surface area contributed by atoms with Crippen molar-refractivity contribution in [3.63, 3.8) is 0 Å². The lowest BCUT2D eigenvalue weighted by Crippen LogP contribution is -2.17. The van der Waals surface area contributed by atoms with Gasteiger partial charge < -0.3 is 5.73 Å². The van der Waals surface area contributed by atoms with Crippen molar-refractivity contribution in [2.24, 2.45) is 15.7 Å². The molecule has 0 aliphatic heterocycles. The average molecular weight is 714 g/mol. The van der Waals surface area contributed by atoms with Gasteiger partial charge in [0.15, 0.2) is 5.84 Å². The van der Waals surface area contributed by atoms with Crippen LogP contribution in [0.5, 0.6) is 0 Å². The third-order valence-corrected chi connectivity index (χ3v) is 9.36. The second-order valence-electron chi connectivity index (χ2n) is 13.4. The lowest BCUT2D eigenvalue weighted by Gasteiger charge is -2.13. The van der Waals surface area contributed by atoms with Gasteiger partial charge in [0.2, 0.25) is 0 Å². The molecule has 5 nitrogen and oxygen atoms in total. The van der Waals surface area contributed by atoms with Gasteiger partial charge in [0.1, 0.15) is 5.84 Å². The van der Waals surface area contributed by atoms with Crippen molar-refractivity contribution >= 4 is 33.7 Å². The van der Waals surface area contributed by atoms with E-state index >= 15 is 0 Å². The van der Waals surface area contributed by atoms with Gasteiger partial charge in [-0.15, -0.1) is 0 Å². The first-order valence-corrected chi connectivity index (χ1v) is 18.5. The molecule has 7 aromatic rings. The molecule has 7 rings (SSSR count). The smallest absolute Gasteiger partial charge is 0.162 e. The van der Waals surface area contributed by atoms with Crippen LogP contribution in [0.25, 0.3) is 55.6 Å². The van der Waals surface area contributed by atoms with Crippen LogP contribution in [-0.4, -0.2) is 21.6 Å². The maximum atomic E-state index is 6.96. The predicted octanol–water partition coefficient (Wildman–Crippen LogP) is 12.1. The zero-order valence-electron chi connectivity index (χ0n) is 31.4. The Balaban J connectivity index is 1.34. The summed E-state index contributed by atoms with van der Waals surface area (Å²) < 4.78 is 0. The van der Waals surface area contributed by atoms with Crippen molar-refractivity contribution in [3.8, 4) is 33.5 Å². The van der Waals surface area contributed by atoms with E-state index in [1.165, 1.54) is 0 Å². The zero-order valence-corrected chi connectivity index (χ0v) is 31.4.